The first-order valence-corrected chi connectivity index (χ1v) is 8.64. The lowest BCUT2D eigenvalue weighted by Crippen LogP contribution is -2.30. The van der Waals surface area contributed by atoms with Crippen LogP contribution in [0.5, 0.6) is 0 Å². The van der Waals surface area contributed by atoms with E-state index in [1.807, 2.05) is 6.92 Å². The fourth-order valence-corrected chi connectivity index (χ4v) is 2.47. The van der Waals surface area contributed by atoms with Crippen molar-refractivity contribution in [3.05, 3.63) is 28.5 Å². The van der Waals surface area contributed by atoms with Gasteiger partial charge < -0.3 is 9.64 Å². The third-order valence-corrected chi connectivity index (χ3v) is 4.35. The van der Waals surface area contributed by atoms with Crippen molar-refractivity contribution in [1.82, 2.24) is 4.90 Å². The van der Waals surface area contributed by atoms with Crippen molar-refractivity contribution in [1.29, 1.82) is 0 Å². The van der Waals surface area contributed by atoms with Gasteiger partial charge in [-0.2, -0.15) is 0 Å². The van der Waals surface area contributed by atoms with E-state index in [9.17, 15) is 17.6 Å². The van der Waals surface area contributed by atoms with Crippen molar-refractivity contribution >= 4 is 37.2 Å². The zero-order valence-electron chi connectivity index (χ0n) is 11.4. The van der Waals surface area contributed by atoms with Crippen LogP contribution in [0.3, 0.4) is 0 Å². The molecular formula is C12H14Cl2FNO4S. The van der Waals surface area contributed by atoms with Crippen LogP contribution in [0.15, 0.2) is 17.0 Å². The van der Waals surface area contributed by atoms with E-state index in [-0.39, 0.29) is 12.1 Å². The van der Waals surface area contributed by atoms with Gasteiger partial charge in [-0.15, -0.1) is 0 Å². The summed E-state index contributed by atoms with van der Waals surface area (Å²) in [6, 6.07) is 1.62. The summed E-state index contributed by atoms with van der Waals surface area (Å²) in [5, 5.41) is -0.452. The van der Waals surface area contributed by atoms with Gasteiger partial charge in [0.1, 0.15) is 5.82 Å². The molecule has 0 spiro atoms. The average Bonchev–Trinajstić information content (AvgIpc) is 2.39. The average molecular weight is 358 g/mol. The van der Waals surface area contributed by atoms with E-state index in [4.69, 9.17) is 27.0 Å². The molecule has 1 amide bonds. The molecule has 0 aliphatic rings. The van der Waals surface area contributed by atoms with Crippen LogP contribution in [-0.2, 0) is 13.8 Å². The molecular weight excluding hydrogens is 344 g/mol. The minimum Gasteiger partial charge on any atom is -0.380 e. The van der Waals surface area contributed by atoms with E-state index < -0.39 is 30.7 Å². The molecule has 0 bridgehead atoms. The topological polar surface area (TPSA) is 63.7 Å². The molecule has 0 unspecified atom stereocenters. The van der Waals surface area contributed by atoms with Crippen molar-refractivity contribution in [2.24, 2.45) is 0 Å². The SMILES string of the molecule is CCOCCN(C)C(=O)c1cc(S(=O)(=O)Cl)cc(F)c1Cl. The Bertz CT molecular complexity index is 636. The second kappa shape index (κ2) is 7.40. The summed E-state index contributed by atoms with van der Waals surface area (Å²) in [4.78, 5) is 12.9. The monoisotopic (exact) mass is 357 g/mol. The normalized spacial score (nSPS) is 11.5. The zero-order valence-corrected chi connectivity index (χ0v) is 13.7. The Morgan fingerprint density at radius 1 is 1.43 bits per heavy atom. The summed E-state index contributed by atoms with van der Waals surface area (Å²) in [6.45, 7) is 2.86. The Labute approximate surface area is 132 Å². The molecule has 0 aromatic heterocycles. The first-order chi connectivity index (χ1) is 9.68. The van der Waals surface area contributed by atoms with Gasteiger partial charge >= 0.3 is 0 Å². The van der Waals surface area contributed by atoms with Crippen LogP contribution in [0, 0.1) is 5.82 Å². The van der Waals surface area contributed by atoms with Crippen molar-refractivity contribution < 1.29 is 22.3 Å². The van der Waals surface area contributed by atoms with E-state index in [0.717, 1.165) is 6.07 Å². The summed E-state index contributed by atoms with van der Waals surface area (Å²) >= 11 is 5.72. The van der Waals surface area contributed by atoms with Gasteiger partial charge in [0.15, 0.2) is 0 Å². The molecule has 0 radical (unpaired) electrons. The van der Waals surface area contributed by atoms with Crippen LogP contribution < -0.4 is 0 Å². The first kappa shape index (κ1) is 18.2. The molecule has 0 fully saturated rings. The maximum Gasteiger partial charge on any atom is 0.261 e. The molecule has 0 aliphatic heterocycles. The second-order valence-corrected chi connectivity index (χ2v) is 7.07. The van der Waals surface area contributed by atoms with Crippen LogP contribution in [0.25, 0.3) is 0 Å². The van der Waals surface area contributed by atoms with E-state index in [1.54, 1.807) is 0 Å². The Kier molecular flexibility index (Phi) is 6.40. The van der Waals surface area contributed by atoms with E-state index in [1.165, 1.54) is 11.9 Å². The van der Waals surface area contributed by atoms with Crippen LogP contribution in [0.4, 0.5) is 4.39 Å². The fourth-order valence-electron chi connectivity index (χ4n) is 1.51. The predicted octanol–water partition coefficient (Wildman–Crippen LogP) is 2.52. The number of carbonyl (C=O) groups excluding carboxylic acids is 1. The highest BCUT2D eigenvalue weighted by atomic mass is 35.7. The van der Waals surface area contributed by atoms with Gasteiger partial charge in [-0.1, -0.05) is 11.6 Å². The third kappa shape index (κ3) is 4.81. The number of hydrogen-bond donors (Lipinski definition) is 0. The van der Waals surface area contributed by atoms with E-state index >= 15 is 0 Å². The molecule has 1 rings (SSSR count). The quantitative estimate of drug-likeness (QED) is 0.579. The van der Waals surface area contributed by atoms with Gasteiger partial charge in [-0.3, -0.25) is 4.79 Å². The van der Waals surface area contributed by atoms with Gasteiger partial charge in [0.05, 0.1) is 22.1 Å². The number of halogens is 3. The largest absolute Gasteiger partial charge is 0.380 e. The maximum atomic E-state index is 13.6. The number of benzene rings is 1. The predicted molar refractivity (Wildman–Crippen MR) is 77.9 cm³/mol. The Balaban J connectivity index is 3.11. The number of rotatable bonds is 6. The maximum absolute atomic E-state index is 13.6. The molecule has 5 nitrogen and oxygen atoms in total. The molecule has 21 heavy (non-hydrogen) atoms. The van der Waals surface area contributed by atoms with E-state index in [2.05, 4.69) is 0 Å². The van der Waals surface area contributed by atoms with Crippen molar-refractivity contribution in [3.63, 3.8) is 0 Å². The van der Waals surface area contributed by atoms with Crippen molar-refractivity contribution in [2.75, 3.05) is 26.8 Å². The minimum atomic E-state index is -4.17. The molecule has 0 heterocycles. The lowest BCUT2D eigenvalue weighted by atomic mass is 10.2. The van der Waals surface area contributed by atoms with Gasteiger partial charge in [0.25, 0.3) is 15.0 Å². The summed E-state index contributed by atoms with van der Waals surface area (Å²) < 4.78 is 41.3. The van der Waals surface area contributed by atoms with Crippen molar-refractivity contribution in [2.45, 2.75) is 11.8 Å². The molecule has 1 aromatic rings. The molecule has 0 saturated carbocycles. The molecule has 0 atom stereocenters. The smallest absolute Gasteiger partial charge is 0.261 e. The summed E-state index contributed by atoms with van der Waals surface area (Å²) in [7, 11) is 2.46. The molecule has 1 aromatic carbocycles. The number of likely N-dealkylation sites (N-methyl/N-ethyl adjacent to an activating group) is 1. The highest BCUT2D eigenvalue weighted by Crippen LogP contribution is 2.27. The Hall–Kier alpha value is -0.890. The lowest BCUT2D eigenvalue weighted by molar-refractivity contribution is 0.0709. The Morgan fingerprint density at radius 3 is 2.57 bits per heavy atom. The zero-order chi connectivity index (χ0) is 16.2. The lowest BCUT2D eigenvalue weighted by Gasteiger charge is -2.18. The van der Waals surface area contributed by atoms with Gasteiger partial charge in [-0.05, 0) is 19.1 Å². The molecule has 0 saturated heterocycles. The standard InChI is InChI=1S/C12H14Cl2FNO4S/c1-3-20-5-4-16(2)12(17)9-6-8(21(14,18)19)7-10(15)11(9)13/h6-7H,3-5H2,1-2H3. The van der Waals surface area contributed by atoms with Crippen LogP contribution in [0.2, 0.25) is 5.02 Å². The van der Waals surface area contributed by atoms with Crippen molar-refractivity contribution in [3.8, 4) is 0 Å². The Morgan fingerprint density at radius 2 is 2.05 bits per heavy atom. The molecule has 118 valence electrons. The van der Waals surface area contributed by atoms with Gasteiger partial charge in [-0.25, -0.2) is 12.8 Å². The first-order valence-electron chi connectivity index (χ1n) is 5.95. The summed E-state index contributed by atoms with van der Waals surface area (Å²) in [6.07, 6.45) is 0. The second-order valence-electron chi connectivity index (χ2n) is 4.13. The number of hydrogen-bond acceptors (Lipinski definition) is 4. The van der Waals surface area contributed by atoms with E-state index in [0.29, 0.717) is 19.3 Å². The molecule has 9 heteroatoms. The van der Waals surface area contributed by atoms with Gasteiger partial charge in [0, 0.05) is 30.9 Å². The number of ether oxygens (including phenoxy) is 1. The van der Waals surface area contributed by atoms with Gasteiger partial charge in [0.2, 0.25) is 0 Å². The third-order valence-electron chi connectivity index (χ3n) is 2.64. The number of nitrogens with zero attached hydrogens (tertiary/aromatic N) is 1. The van der Waals surface area contributed by atoms with Crippen LogP contribution in [-0.4, -0.2) is 46.0 Å². The summed E-state index contributed by atoms with van der Waals surface area (Å²) in [5.74, 6) is -1.65. The fraction of sp³-hybridized carbons (Fsp3) is 0.417. The number of carbonyl (C=O) groups is 1. The number of amides is 1. The molecule has 0 N–H and O–H groups in total. The van der Waals surface area contributed by atoms with Crippen LogP contribution in [0.1, 0.15) is 17.3 Å². The van der Waals surface area contributed by atoms with Crippen LogP contribution >= 0.6 is 22.3 Å². The summed E-state index contributed by atoms with van der Waals surface area (Å²) in [5.41, 5.74) is -0.269. The molecule has 0 aliphatic carbocycles. The highest BCUT2D eigenvalue weighted by molar-refractivity contribution is 8.13. The highest BCUT2D eigenvalue weighted by Gasteiger charge is 2.22. The minimum absolute atomic E-state index is 0.252.